The van der Waals surface area contributed by atoms with Crippen molar-refractivity contribution in [3.05, 3.63) is 18.0 Å². The number of unbranched alkanes of at least 4 members (excludes halogenated alkanes) is 1. The monoisotopic (exact) mass is 277 g/mol. The molecule has 1 atom stereocenters. The van der Waals surface area contributed by atoms with Crippen molar-refractivity contribution >= 4 is 11.9 Å². The zero-order valence-corrected chi connectivity index (χ0v) is 10.2. The largest absolute Gasteiger partial charge is 0.480 e. The van der Waals surface area contributed by atoms with Crippen LogP contribution in [-0.2, 0) is 11.0 Å². The van der Waals surface area contributed by atoms with Crippen LogP contribution in [0.4, 0.5) is 19.1 Å². The number of alkyl halides is 3. The molecule has 106 valence electrons. The Morgan fingerprint density at radius 3 is 2.74 bits per heavy atom. The van der Waals surface area contributed by atoms with E-state index in [1.54, 1.807) is 0 Å². The molecular formula is C11H14F3N3O2. The highest BCUT2D eigenvalue weighted by atomic mass is 19.4. The number of nitrogens with one attached hydrogen (secondary N) is 1. The van der Waals surface area contributed by atoms with Gasteiger partial charge in [0.25, 0.3) is 0 Å². The molecule has 0 aliphatic heterocycles. The number of carboxylic acid groups (broad SMARTS) is 1. The number of aliphatic carboxylic acids is 1. The van der Waals surface area contributed by atoms with Gasteiger partial charge in [-0.25, -0.2) is 14.8 Å². The van der Waals surface area contributed by atoms with Crippen LogP contribution in [0.1, 0.15) is 31.9 Å². The Morgan fingerprint density at radius 2 is 2.21 bits per heavy atom. The Bertz CT molecular complexity index is 437. The first-order valence-corrected chi connectivity index (χ1v) is 5.74. The molecule has 8 heteroatoms. The molecule has 0 aliphatic rings. The van der Waals surface area contributed by atoms with Crippen molar-refractivity contribution in [1.82, 2.24) is 9.97 Å². The second-order valence-corrected chi connectivity index (χ2v) is 3.94. The van der Waals surface area contributed by atoms with E-state index in [4.69, 9.17) is 5.11 Å². The van der Waals surface area contributed by atoms with Crippen LogP contribution in [0.5, 0.6) is 0 Å². The molecule has 19 heavy (non-hydrogen) atoms. The lowest BCUT2D eigenvalue weighted by Crippen LogP contribution is -2.30. The van der Waals surface area contributed by atoms with Gasteiger partial charge in [0, 0.05) is 6.20 Å². The SMILES string of the molecule is CCCC[C@H](Nc1nccc(C(F)(F)F)n1)C(=O)O. The zero-order valence-electron chi connectivity index (χ0n) is 10.2. The van der Waals surface area contributed by atoms with Crippen LogP contribution in [0.3, 0.4) is 0 Å². The van der Waals surface area contributed by atoms with Crippen molar-refractivity contribution in [1.29, 1.82) is 0 Å². The Hall–Kier alpha value is -1.86. The predicted molar refractivity (Wildman–Crippen MR) is 61.6 cm³/mol. The molecule has 0 spiro atoms. The number of nitrogens with zero attached hydrogens (tertiary/aromatic N) is 2. The lowest BCUT2D eigenvalue weighted by atomic mass is 10.1. The molecule has 0 aliphatic carbocycles. The molecule has 0 saturated carbocycles. The maximum absolute atomic E-state index is 12.4. The van der Waals surface area contributed by atoms with E-state index in [1.807, 2.05) is 6.92 Å². The van der Waals surface area contributed by atoms with Gasteiger partial charge in [-0.1, -0.05) is 19.8 Å². The molecule has 1 heterocycles. The van der Waals surface area contributed by atoms with Gasteiger partial charge in [0.05, 0.1) is 0 Å². The number of carboxylic acids is 1. The van der Waals surface area contributed by atoms with Gasteiger partial charge >= 0.3 is 12.1 Å². The Morgan fingerprint density at radius 1 is 1.53 bits per heavy atom. The van der Waals surface area contributed by atoms with Crippen LogP contribution >= 0.6 is 0 Å². The maximum Gasteiger partial charge on any atom is 0.433 e. The summed E-state index contributed by atoms with van der Waals surface area (Å²) >= 11 is 0. The van der Waals surface area contributed by atoms with Crippen LogP contribution < -0.4 is 5.32 Å². The average Bonchev–Trinajstić information content (AvgIpc) is 2.33. The highest BCUT2D eigenvalue weighted by Crippen LogP contribution is 2.27. The summed E-state index contributed by atoms with van der Waals surface area (Å²) in [6, 6.07) is -0.268. The third-order valence-electron chi connectivity index (χ3n) is 2.39. The minimum absolute atomic E-state index is 0.297. The van der Waals surface area contributed by atoms with E-state index < -0.39 is 23.9 Å². The standard InChI is InChI=1S/C11H14F3N3O2/c1-2-3-4-7(9(18)19)16-10-15-6-5-8(17-10)11(12,13)14/h5-7H,2-4H2,1H3,(H,18,19)(H,15,16,17)/t7-/m0/s1. The minimum atomic E-state index is -4.58. The van der Waals surface area contributed by atoms with Crippen molar-refractivity contribution in [2.24, 2.45) is 0 Å². The number of hydrogen-bond donors (Lipinski definition) is 2. The van der Waals surface area contributed by atoms with Crippen LogP contribution in [-0.4, -0.2) is 27.1 Å². The first-order valence-electron chi connectivity index (χ1n) is 5.74. The molecule has 0 radical (unpaired) electrons. The van der Waals surface area contributed by atoms with Crippen LogP contribution in [0.15, 0.2) is 12.3 Å². The summed E-state index contributed by atoms with van der Waals surface area (Å²) in [6.07, 6.45) is -1.92. The van der Waals surface area contributed by atoms with Crippen molar-refractivity contribution in [2.45, 2.75) is 38.4 Å². The van der Waals surface area contributed by atoms with E-state index in [-0.39, 0.29) is 5.95 Å². The third-order valence-corrected chi connectivity index (χ3v) is 2.39. The molecule has 5 nitrogen and oxygen atoms in total. The normalized spacial score (nSPS) is 13.1. The van der Waals surface area contributed by atoms with Gasteiger partial charge in [0.2, 0.25) is 5.95 Å². The highest BCUT2D eigenvalue weighted by Gasteiger charge is 2.33. The molecule has 0 fully saturated rings. The van der Waals surface area contributed by atoms with Gasteiger partial charge in [-0.15, -0.1) is 0 Å². The molecule has 0 amide bonds. The fourth-order valence-corrected chi connectivity index (χ4v) is 1.41. The summed E-state index contributed by atoms with van der Waals surface area (Å²) in [5.74, 6) is -1.48. The first-order chi connectivity index (χ1) is 8.84. The molecule has 1 aromatic heterocycles. The quantitative estimate of drug-likeness (QED) is 0.835. The molecule has 2 N–H and O–H groups in total. The van der Waals surface area contributed by atoms with E-state index in [0.29, 0.717) is 12.8 Å². The topological polar surface area (TPSA) is 75.1 Å². The summed E-state index contributed by atoms with van der Waals surface area (Å²) in [7, 11) is 0. The van der Waals surface area contributed by atoms with Gasteiger partial charge < -0.3 is 10.4 Å². The van der Waals surface area contributed by atoms with Gasteiger partial charge in [-0.3, -0.25) is 0 Å². The second-order valence-electron chi connectivity index (χ2n) is 3.94. The maximum atomic E-state index is 12.4. The van der Waals surface area contributed by atoms with E-state index >= 15 is 0 Å². The van der Waals surface area contributed by atoms with Crippen LogP contribution in [0.25, 0.3) is 0 Å². The zero-order chi connectivity index (χ0) is 14.5. The lowest BCUT2D eigenvalue weighted by molar-refractivity contribution is -0.141. The van der Waals surface area contributed by atoms with Crippen LogP contribution in [0, 0.1) is 0 Å². The second kappa shape index (κ2) is 6.35. The van der Waals surface area contributed by atoms with Crippen molar-refractivity contribution in [3.63, 3.8) is 0 Å². The summed E-state index contributed by atoms with van der Waals surface area (Å²) in [5.41, 5.74) is -1.11. The van der Waals surface area contributed by atoms with Crippen molar-refractivity contribution in [3.8, 4) is 0 Å². The molecule has 0 aromatic carbocycles. The fourth-order valence-electron chi connectivity index (χ4n) is 1.41. The van der Waals surface area contributed by atoms with Crippen molar-refractivity contribution < 1.29 is 23.1 Å². The molecule has 0 saturated heterocycles. The Kier molecular flexibility index (Phi) is 5.08. The predicted octanol–water partition coefficient (Wildman–Crippen LogP) is 2.55. The number of aromatic nitrogens is 2. The summed E-state index contributed by atoms with van der Waals surface area (Å²) in [6.45, 7) is 1.89. The number of halogens is 3. The summed E-state index contributed by atoms with van der Waals surface area (Å²) < 4.78 is 37.3. The fraction of sp³-hybridized carbons (Fsp3) is 0.545. The van der Waals surface area contributed by atoms with Gasteiger partial charge in [0.1, 0.15) is 11.7 Å². The third kappa shape index (κ3) is 4.72. The number of anilines is 1. The van der Waals surface area contributed by atoms with Crippen molar-refractivity contribution in [2.75, 3.05) is 5.32 Å². The van der Waals surface area contributed by atoms with Gasteiger partial charge in [-0.05, 0) is 12.5 Å². The van der Waals surface area contributed by atoms with Crippen LogP contribution in [0.2, 0.25) is 0 Å². The van der Waals surface area contributed by atoms with E-state index in [0.717, 1.165) is 18.7 Å². The average molecular weight is 277 g/mol. The first kappa shape index (κ1) is 15.2. The van der Waals surface area contributed by atoms with E-state index in [1.165, 1.54) is 0 Å². The molecule has 0 unspecified atom stereocenters. The molecular weight excluding hydrogens is 263 g/mol. The highest BCUT2D eigenvalue weighted by molar-refractivity contribution is 5.76. The smallest absolute Gasteiger partial charge is 0.433 e. The molecule has 1 rings (SSSR count). The minimum Gasteiger partial charge on any atom is -0.480 e. The van der Waals surface area contributed by atoms with E-state index in [2.05, 4.69) is 15.3 Å². The molecule has 0 bridgehead atoms. The lowest BCUT2D eigenvalue weighted by Gasteiger charge is -2.14. The number of carbonyl (C=O) groups is 1. The number of rotatable bonds is 6. The Balaban J connectivity index is 2.82. The summed E-state index contributed by atoms with van der Waals surface area (Å²) in [5, 5.41) is 11.4. The van der Waals surface area contributed by atoms with Gasteiger partial charge in [0.15, 0.2) is 0 Å². The van der Waals surface area contributed by atoms with E-state index in [9.17, 15) is 18.0 Å². The van der Waals surface area contributed by atoms with Gasteiger partial charge in [-0.2, -0.15) is 13.2 Å². The summed E-state index contributed by atoms with van der Waals surface area (Å²) in [4.78, 5) is 17.8. The molecule has 1 aromatic rings. The number of hydrogen-bond acceptors (Lipinski definition) is 4. The Labute approximate surface area is 107 Å².